The Morgan fingerprint density at radius 3 is 2.72 bits per heavy atom. The molecule has 0 spiro atoms. The molecular weight excluding hydrogens is 516 g/mol. The molecule has 0 radical (unpaired) electrons. The minimum absolute atomic E-state index is 0.0502. The summed E-state index contributed by atoms with van der Waals surface area (Å²) in [5.74, 6) is -0.848. The molecule has 202 valence electrons. The van der Waals surface area contributed by atoms with Crippen molar-refractivity contribution in [3.8, 4) is 5.69 Å². The first-order chi connectivity index (χ1) is 18.6. The first-order valence-corrected chi connectivity index (χ1v) is 14.4. The summed E-state index contributed by atoms with van der Waals surface area (Å²) in [5.41, 5.74) is 5.02. The van der Waals surface area contributed by atoms with Gasteiger partial charge in [0.25, 0.3) is 0 Å². The number of benzene rings is 2. The van der Waals surface area contributed by atoms with Crippen LogP contribution in [-0.4, -0.2) is 55.1 Å². The number of rotatable bonds is 6. The molecule has 10 nitrogen and oxygen atoms in total. The molecule has 2 aromatic carbocycles. The van der Waals surface area contributed by atoms with E-state index >= 15 is 0 Å². The Balaban J connectivity index is 1.33. The molecule has 2 aliphatic rings. The Kier molecular flexibility index (Phi) is 6.15. The van der Waals surface area contributed by atoms with Crippen molar-refractivity contribution in [3.63, 3.8) is 0 Å². The number of hydrogen-bond acceptors (Lipinski definition) is 6. The molecule has 1 saturated carbocycles. The third kappa shape index (κ3) is 4.65. The topological polar surface area (TPSA) is 123 Å². The monoisotopic (exact) mass is 546 g/mol. The van der Waals surface area contributed by atoms with Crippen molar-refractivity contribution >= 4 is 16.0 Å². The second-order valence-electron chi connectivity index (χ2n) is 10.8. The highest BCUT2D eigenvalue weighted by Crippen LogP contribution is 2.55. The van der Waals surface area contributed by atoms with E-state index in [1.807, 2.05) is 49.5 Å². The Morgan fingerprint density at radius 2 is 1.97 bits per heavy atom. The Hall–Kier alpha value is -3.83. The molecule has 0 saturated heterocycles. The highest BCUT2D eigenvalue weighted by atomic mass is 32.2. The minimum atomic E-state index is -3.68. The molecule has 0 unspecified atom stereocenters. The maximum absolute atomic E-state index is 13.7. The smallest absolute Gasteiger partial charge is 0.339 e. The molecule has 0 amide bonds. The number of sulfonamides is 1. The second-order valence-corrected chi connectivity index (χ2v) is 12.7. The molecule has 3 heterocycles. The Bertz CT molecular complexity index is 1690. The molecule has 1 fully saturated rings. The molecular formula is C28H30N6O4S. The van der Waals surface area contributed by atoms with Gasteiger partial charge in [-0.2, -0.15) is 9.40 Å². The number of carbonyl (C=O) groups is 1. The zero-order valence-electron chi connectivity index (χ0n) is 22.0. The van der Waals surface area contributed by atoms with Gasteiger partial charge in [0.15, 0.2) is 0 Å². The summed E-state index contributed by atoms with van der Waals surface area (Å²) < 4.78 is 32.2. The van der Waals surface area contributed by atoms with Gasteiger partial charge in [-0.3, -0.25) is 4.68 Å². The van der Waals surface area contributed by atoms with E-state index in [1.165, 1.54) is 6.20 Å². The zero-order valence-corrected chi connectivity index (χ0v) is 22.8. The molecule has 11 heteroatoms. The lowest BCUT2D eigenvalue weighted by atomic mass is 9.99. The molecule has 1 N–H and O–H groups in total. The average Bonchev–Trinajstić information content (AvgIpc) is 3.35. The Labute approximate surface area is 226 Å². The fourth-order valence-electron chi connectivity index (χ4n) is 5.73. The highest BCUT2D eigenvalue weighted by Gasteiger charge is 2.46. The van der Waals surface area contributed by atoms with Gasteiger partial charge in [-0.15, -0.1) is 5.10 Å². The van der Waals surface area contributed by atoms with Crippen LogP contribution < -0.4 is 0 Å². The molecule has 2 aromatic heterocycles. The predicted molar refractivity (Wildman–Crippen MR) is 143 cm³/mol. The van der Waals surface area contributed by atoms with Crippen LogP contribution in [0.15, 0.2) is 59.8 Å². The van der Waals surface area contributed by atoms with Gasteiger partial charge in [0, 0.05) is 38.2 Å². The lowest BCUT2D eigenvalue weighted by molar-refractivity contribution is 0.0695. The van der Waals surface area contributed by atoms with Crippen LogP contribution in [0.1, 0.15) is 63.6 Å². The normalized spacial score (nSPS) is 22.3. The van der Waals surface area contributed by atoms with E-state index in [1.54, 1.807) is 26.8 Å². The van der Waals surface area contributed by atoms with Gasteiger partial charge >= 0.3 is 5.97 Å². The largest absolute Gasteiger partial charge is 0.478 e. The quantitative estimate of drug-likeness (QED) is 0.391. The lowest BCUT2D eigenvalue weighted by Crippen LogP contribution is -2.32. The van der Waals surface area contributed by atoms with Crippen molar-refractivity contribution in [2.75, 3.05) is 6.54 Å². The fourth-order valence-corrected chi connectivity index (χ4v) is 7.49. The van der Waals surface area contributed by atoms with Crippen LogP contribution in [0.25, 0.3) is 5.69 Å². The SMILES string of the molecule is Cc1ccc2c(c1)C[C@H](C)CN(Cc1cccc(-n3ncc(C(=O)O)c3[C@@H]3C[C@H]3c3cn(C)nn3)c1)S2(=O)=O. The van der Waals surface area contributed by atoms with Crippen LogP contribution in [0.4, 0.5) is 0 Å². The first kappa shape index (κ1) is 25.4. The molecule has 0 bridgehead atoms. The van der Waals surface area contributed by atoms with E-state index < -0.39 is 16.0 Å². The van der Waals surface area contributed by atoms with Crippen molar-refractivity contribution in [1.29, 1.82) is 0 Å². The summed E-state index contributed by atoms with van der Waals surface area (Å²) in [6, 6.07) is 13.0. The van der Waals surface area contributed by atoms with Crippen molar-refractivity contribution in [1.82, 2.24) is 29.1 Å². The number of aromatic nitrogens is 5. The van der Waals surface area contributed by atoms with E-state index in [9.17, 15) is 18.3 Å². The predicted octanol–water partition coefficient (Wildman–Crippen LogP) is 3.66. The molecule has 3 atom stereocenters. The number of carboxylic acid groups (broad SMARTS) is 1. The zero-order chi connectivity index (χ0) is 27.5. The summed E-state index contributed by atoms with van der Waals surface area (Å²) >= 11 is 0. The van der Waals surface area contributed by atoms with E-state index in [-0.39, 0.29) is 29.9 Å². The van der Waals surface area contributed by atoms with Crippen LogP contribution in [0.5, 0.6) is 0 Å². The van der Waals surface area contributed by atoms with Gasteiger partial charge in [-0.25, -0.2) is 17.9 Å². The van der Waals surface area contributed by atoms with Crippen LogP contribution in [-0.2, 0) is 30.0 Å². The molecule has 1 aliphatic carbocycles. The lowest BCUT2D eigenvalue weighted by Gasteiger charge is -2.22. The third-order valence-electron chi connectivity index (χ3n) is 7.61. The summed E-state index contributed by atoms with van der Waals surface area (Å²) in [6.07, 6.45) is 4.70. The van der Waals surface area contributed by atoms with Gasteiger partial charge < -0.3 is 5.11 Å². The minimum Gasteiger partial charge on any atom is -0.478 e. The van der Waals surface area contributed by atoms with Gasteiger partial charge in [0.05, 0.1) is 28.2 Å². The third-order valence-corrected chi connectivity index (χ3v) is 9.52. The summed E-state index contributed by atoms with van der Waals surface area (Å²) in [4.78, 5) is 12.4. The number of fused-ring (bicyclic) bond motifs is 1. The van der Waals surface area contributed by atoms with Gasteiger partial charge in [0.1, 0.15) is 5.56 Å². The maximum atomic E-state index is 13.7. The number of carboxylic acids is 1. The van der Waals surface area contributed by atoms with Gasteiger partial charge in [-0.05, 0) is 55.0 Å². The summed E-state index contributed by atoms with van der Waals surface area (Å²) in [5, 5.41) is 22.6. The van der Waals surface area contributed by atoms with E-state index in [0.717, 1.165) is 28.8 Å². The Morgan fingerprint density at radius 1 is 1.15 bits per heavy atom. The van der Waals surface area contributed by atoms with E-state index in [2.05, 4.69) is 22.3 Å². The van der Waals surface area contributed by atoms with Gasteiger partial charge in [0.2, 0.25) is 10.0 Å². The molecule has 39 heavy (non-hydrogen) atoms. The van der Waals surface area contributed by atoms with Crippen molar-refractivity contribution in [2.24, 2.45) is 13.0 Å². The highest BCUT2D eigenvalue weighted by molar-refractivity contribution is 7.89. The first-order valence-electron chi connectivity index (χ1n) is 13.0. The average molecular weight is 547 g/mol. The summed E-state index contributed by atoms with van der Waals surface area (Å²) in [6.45, 7) is 4.67. The summed E-state index contributed by atoms with van der Waals surface area (Å²) in [7, 11) is -1.88. The molecule has 6 rings (SSSR count). The molecule has 1 aliphatic heterocycles. The standard InChI is InChI=1S/C28H30N6O4S/c1-17-7-8-26-20(9-17)10-18(2)14-33(39(26,37)38)15-19-5-4-6-21(11-19)34-27(24(13-29-34)28(35)36)23-12-22(23)25-16-32(3)31-30-25/h4-9,11,13,16,18,22-23H,10,12,14-15H2,1-3H3,(H,35,36)/t18-,22+,23+/m0/s1. The van der Waals surface area contributed by atoms with Crippen LogP contribution in [0.3, 0.4) is 0 Å². The van der Waals surface area contributed by atoms with Gasteiger partial charge in [-0.1, -0.05) is 42.0 Å². The van der Waals surface area contributed by atoms with Crippen LogP contribution in [0.2, 0.25) is 0 Å². The van der Waals surface area contributed by atoms with E-state index in [0.29, 0.717) is 29.2 Å². The van der Waals surface area contributed by atoms with E-state index in [4.69, 9.17) is 0 Å². The number of aryl methyl sites for hydroxylation is 2. The maximum Gasteiger partial charge on any atom is 0.339 e. The number of hydrogen-bond donors (Lipinski definition) is 1. The second kappa shape index (κ2) is 9.42. The van der Waals surface area contributed by atoms with Crippen molar-refractivity contribution < 1.29 is 18.3 Å². The number of aromatic carboxylic acids is 1. The van der Waals surface area contributed by atoms with Crippen LogP contribution >= 0.6 is 0 Å². The van der Waals surface area contributed by atoms with Crippen LogP contribution in [0, 0.1) is 12.8 Å². The van der Waals surface area contributed by atoms with Crippen molar-refractivity contribution in [3.05, 3.63) is 88.5 Å². The van der Waals surface area contributed by atoms with Crippen molar-refractivity contribution in [2.45, 2.75) is 50.0 Å². The fraction of sp³-hybridized carbons (Fsp3) is 0.357. The molecule has 4 aromatic rings. The number of nitrogens with zero attached hydrogens (tertiary/aromatic N) is 6.